The molecule has 0 aliphatic carbocycles. The van der Waals surface area contributed by atoms with Crippen molar-refractivity contribution in [1.29, 1.82) is 0 Å². The van der Waals surface area contributed by atoms with E-state index in [2.05, 4.69) is 16.9 Å². The molecule has 0 aromatic heterocycles. The van der Waals surface area contributed by atoms with Crippen molar-refractivity contribution in [2.24, 2.45) is 10.7 Å². The van der Waals surface area contributed by atoms with Crippen LogP contribution in [0.5, 0.6) is 5.75 Å². The summed E-state index contributed by atoms with van der Waals surface area (Å²) in [5, 5.41) is 2.97. The molecule has 0 bridgehead atoms. The quantitative estimate of drug-likeness (QED) is 0.298. The van der Waals surface area contributed by atoms with Gasteiger partial charge in [0.2, 0.25) is 0 Å². The van der Waals surface area contributed by atoms with Crippen molar-refractivity contribution in [3.63, 3.8) is 0 Å². The monoisotopic (exact) mass is 432 g/mol. The normalized spacial score (nSPS) is 10.5. The maximum Gasteiger partial charge on any atom is 0.259 e. The molecule has 0 unspecified atom stereocenters. The summed E-state index contributed by atoms with van der Waals surface area (Å²) in [6.45, 7) is 6.75. The van der Waals surface area contributed by atoms with Crippen LogP contribution in [0.25, 0.3) is 0 Å². The third-order valence-electron chi connectivity index (χ3n) is 2.76. The second kappa shape index (κ2) is 10.9. The van der Waals surface area contributed by atoms with Gasteiger partial charge >= 0.3 is 0 Å². The molecule has 128 valence electrons. The van der Waals surface area contributed by atoms with Crippen molar-refractivity contribution in [2.45, 2.75) is 13.5 Å². The topological polar surface area (TPSA) is 80.0 Å². The smallest absolute Gasteiger partial charge is 0.259 e. The molecule has 0 fully saturated rings. The van der Waals surface area contributed by atoms with Crippen molar-refractivity contribution in [3.05, 3.63) is 42.0 Å². The lowest BCUT2D eigenvalue weighted by Crippen LogP contribution is -2.32. The van der Waals surface area contributed by atoms with Crippen LogP contribution in [0.2, 0.25) is 0 Å². The van der Waals surface area contributed by atoms with Gasteiger partial charge in [0.05, 0.1) is 6.54 Å². The number of hydrogen-bond acceptors (Lipinski definition) is 3. The van der Waals surface area contributed by atoms with E-state index in [1.54, 1.807) is 20.2 Å². The van der Waals surface area contributed by atoms with Crippen LogP contribution in [0.1, 0.15) is 12.5 Å². The molecule has 0 aliphatic heterocycles. The van der Waals surface area contributed by atoms with E-state index in [1.807, 2.05) is 25.1 Å². The van der Waals surface area contributed by atoms with Gasteiger partial charge in [-0.05, 0) is 24.6 Å². The number of hydrogen-bond donors (Lipinski definition) is 2. The van der Waals surface area contributed by atoms with Gasteiger partial charge in [-0.2, -0.15) is 0 Å². The van der Waals surface area contributed by atoms with E-state index in [-0.39, 0.29) is 36.5 Å². The van der Waals surface area contributed by atoms with E-state index in [1.165, 1.54) is 4.90 Å². The van der Waals surface area contributed by atoms with Crippen LogP contribution in [0.15, 0.2) is 41.4 Å². The Balaban J connectivity index is 0.00000484. The zero-order valence-corrected chi connectivity index (χ0v) is 16.2. The minimum Gasteiger partial charge on any atom is -0.484 e. The van der Waals surface area contributed by atoms with Crippen LogP contribution in [0, 0.1) is 0 Å². The summed E-state index contributed by atoms with van der Waals surface area (Å²) in [6, 6.07) is 7.44. The van der Waals surface area contributed by atoms with Gasteiger partial charge in [-0.1, -0.05) is 24.3 Å². The first-order valence-corrected chi connectivity index (χ1v) is 6.98. The van der Waals surface area contributed by atoms with Gasteiger partial charge in [0.15, 0.2) is 12.6 Å². The molecule has 0 heterocycles. The molecule has 0 saturated heterocycles. The number of nitrogens with zero attached hydrogens (tertiary/aromatic N) is 2. The van der Waals surface area contributed by atoms with E-state index in [0.717, 1.165) is 11.1 Å². The summed E-state index contributed by atoms with van der Waals surface area (Å²) >= 11 is 0. The first-order chi connectivity index (χ1) is 10.4. The van der Waals surface area contributed by atoms with Crippen LogP contribution in [0.4, 0.5) is 0 Å². The molecule has 0 atom stereocenters. The first-order valence-electron chi connectivity index (χ1n) is 6.98. The Labute approximate surface area is 154 Å². The number of carbonyl (C=O) groups excluding carboxylic acids is 1. The summed E-state index contributed by atoms with van der Waals surface area (Å²) in [7, 11) is 3.38. The van der Waals surface area contributed by atoms with E-state index in [4.69, 9.17) is 10.5 Å². The Bertz CT molecular complexity index is 559. The van der Waals surface area contributed by atoms with Gasteiger partial charge in [-0.25, -0.2) is 4.99 Å². The van der Waals surface area contributed by atoms with Crippen molar-refractivity contribution >= 4 is 35.8 Å². The fourth-order valence-corrected chi connectivity index (χ4v) is 1.48. The number of ether oxygens (including phenoxy) is 1. The Morgan fingerprint density at radius 2 is 2.13 bits per heavy atom. The molecule has 0 spiro atoms. The summed E-state index contributed by atoms with van der Waals surface area (Å²) in [4.78, 5) is 17.2. The highest BCUT2D eigenvalue weighted by Gasteiger charge is 2.05. The lowest BCUT2D eigenvalue weighted by molar-refractivity contribution is -0.130. The van der Waals surface area contributed by atoms with Gasteiger partial charge < -0.3 is 20.7 Å². The average molecular weight is 432 g/mol. The van der Waals surface area contributed by atoms with Gasteiger partial charge in [0.1, 0.15) is 5.75 Å². The molecule has 1 rings (SSSR count). The third kappa shape index (κ3) is 9.07. The van der Waals surface area contributed by atoms with E-state index < -0.39 is 0 Å². The molecular weight excluding hydrogens is 407 g/mol. The molecule has 6 nitrogen and oxygen atoms in total. The molecule has 23 heavy (non-hydrogen) atoms. The summed E-state index contributed by atoms with van der Waals surface area (Å²) in [6.07, 6.45) is 0. The predicted octanol–water partition coefficient (Wildman–Crippen LogP) is 1.75. The SMILES string of the molecule is C=C(C)CNC(N)=NCc1cccc(OCC(=O)N(C)C)c1.I. The van der Waals surface area contributed by atoms with Crippen LogP contribution < -0.4 is 15.8 Å². The van der Waals surface area contributed by atoms with Crippen molar-refractivity contribution in [2.75, 3.05) is 27.2 Å². The number of benzene rings is 1. The number of nitrogens with one attached hydrogen (secondary N) is 1. The van der Waals surface area contributed by atoms with Crippen LogP contribution in [-0.2, 0) is 11.3 Å². The number of likely N-dealkylation sites (N-methyl/N-ethyl adjacent to an activating group) is 1. The van der Waals surface area contributed by atoms with Crippen LogP contribution >= 0.6 is 24.0 Å². The second-order valence-electron chi connectivity index (χ2n) is 5.24. The average Bonchev–Trinajstić information content (AvgIpc) is 2.48. The number of halogens is 1. The molecule has 1 amide bonds. The largest absolute Gasteiger partial charge is 0.484 e. The fourth-order valence-electron chi connectivity index (χ4n) is 1.48. The summed E-state index contributed by atoms with van der Waals surface area (Å²) < 4.78 is 5.46. The third-order valence-corrected chi connectivity index (χ3v) is 2.76. The molecule has 1 aromatic rings. The number of guanidine groups is 1. The highest BCUT2D eigenvalue weighted by Crippen LogP contribution is 2.14. The van der Waals surface area contributed by atoms with Gasteiger partial charge in [-0.3, -0.25) is 4.79 Å². The fraction of sp³-hybridized carbons (Fsp3) is 0.375. The standard InChI is InChI=1S/C16H24N4O2.HI/c1-12(2)9-18-16(17)19-10-13-6-5-7-14(8-13)22-11-15(21)20(3)4;/h5-8H,1,9-11H2,2-4H3,(H3,17,18,19);1H. The maximum absolute atomic E-state index is 11.5. The maximum atomic E-state index is 11.5. The first kappa shape index (κ1) is 21.2. The number of aliphatic imine (C=N–C) groups is 1. The minimum atomic E-state index is -0.0864. The number of nitrogens with two attached hydrogens (primary N) is 1. The molecule has 1 aromatic carbocycles. The van der Waals surface area contributed by atoms with Gasteiger partial charge in [0, 0.05) is 20.6 Å². The number of rotatable bonds is 7. The molecule has 0 saturated carbocycles. The highest BCUT2D eigenvalue weighted by molar-refractivity contribution is 14.0. The Kier molecular flexibility index (Phi) is 10.0. The van der Waals surface area contributed by atoms with Gasteiger partial charge in [-0.15, -0.1) is 24.0 Å². The zero-order chi connectivity index (χ0) is 16.5. The minimum absolute atomic E-state index is 0. The van der Waals surface area contributed by atoms with E-state index in [0.29, 0.717) is 24.8 Å². The highest BCUT2D eigenvalue weighted by atomic mass is 127. The zero-order valence-electron chi connectivity index (χ0n) is 13.8. The summed E-state index contributed by atoms with van der Waals surface area (Å²) in [5.41, 5.74) is 7.69. The lowest BCUT2D eigenvalue weighted by atomic mass is 10.2. The van der Waals surface area contributed by atoms with Crippen molar-refractivity contribution in [1.82, 2.24) is 10.2 Å². The molecule has 3 N–H and O–H groups in total. The second-order valence-corrected chi connectivity index (χ2v) is 5.24. The molecule has 0 aliphatic rings. The molecular formula is C16H25IN4O2. The summed E-state index contributed by atoms with van der Waals surface area (Å²) in [5.74, 6) is 0.921. The number of amides is 1. The van der Waals surface area contributed by atoms with Crippen LogP contribution in [-0.4, -0.2) is 44.0 Å². The Hall–Kier alpha value is -1.77. The van der Waals surface area contributed by atoms with Crippen LogP contribution in [0.3, 0.4) is 0 Å². The number of carbonyl (C=O) groups is 1. The molecule has 7 heteroatoms. The van der Waals surface area contributed by atoms with Gasteiger partial charge in [0.25, 0.3) is 5.91 Å². The van der Waals surface area contributed by atoms with E-state index >= 15 is 0 Å². The Morgan fingerprint density at radius 3 is 2.74 bits per heavy atom. The molecule has 0 radical (unpaired) electrons. The lowest BCUT2D eigenvalue weighted by Gasteiger charge is -2.11. The van der Waals surface area contributed by atoms with E-state index in [9.17, 15) is 4.79 Å². The predicted molar refractivity (Wildman–Crippen MR) is 104 cm³/mol. The van der Waals surface area contributed by atoms with Crippen molar-refractivity contribution in [3.8, 4) is 5.75 Å². The Morgan fingerprint density at radius 1 is 1.43 bits per heavy atom. The van der Waals surface area contributed by atoms with Crippen molar-refractivity contribution < 1.29 is 9.53 Å².